The van der Waals surface area contributed by atoms with E-state index in [1.807, 2.05) is 6.07 Å². The molecule has 0 saturated carbocycles. The van der Waals surface area contributed by atoms with E-state index in [-0.39, 0.29) is 0 Å². The van der Waals surface area contributed by atoms with Gasteiger partial charge in [0.15, 0.2) is 0 Å². The number of rotatable bonds is 5. The van der Waals surface area contributed by atoms with Crippen LogP contribution in [0, 0.1) is 6.92 Å². The standard InChI is InChI=1S/C16H17N3S2/c1-3-9-17-16-18-14-13(10-11(2)20-14)15(19-16)21-12-7-5-4-6-8-12/h4-8,10H,3,9H2,1-2H3,(H,17,18,19). The second kappa shape index (κ2) is 6.45. The zero-order valence-electron chi connectivity index (χ0n) is 12.1. The monoisotopic (exact) mass is 315 g/mol. The molecule has 0 unspecified atom stereocenters. The summed E-state index contributed by atoms with van der Waals surface area (Å²) in [7, 11) is 0. The SMILES string of the molecule is CCCNc1nc(Sc2ccccc2)c2cc(C)sc2n1. The molecule has 3 nitrogen and oxygen atoms in total. The molecule has 1 aromatic carbocycles. The zero-order valence-corrected chi connectivity index (χ0v) is 13.7. The summed E-state index contributed by atoms with van der Waals surface area (Å²) < 4.78 is 0. The predicted octanol–water partition coefficient (Wildman–Crippen LogP) is 4.97. The summed E-state index contributed by atoms with van der Waals surface area (Å²) in [4.78, 5) is 12.8. The van der Waals surface area contributed by atoms with Crippen LogP contribution >= 0.6 is 23.1 Å². The van der Waals surface area contributed by atoms with E-state index in [1.165, 1.54) is 9.77 Å². The van der Waals surface area contributed by atoms with Crippen LogP contribution in [-0.2, 0) is 0 Å². The molecule has 3 rings (SSSR count). The molecule has 0 saturated heterocycles. The molecule has 2 heterocycles. The molecule has 0 spiro atoms. The fourth-order valence-corrected chi connectivity index (χ4v) is 3.87. The Kier molecular flexibility index (Phi) is 4.41. The molecule has 3 aromatic rings. The molecule has 0 amide bonds. The maximum absolute atomic E-state index is 4.69. The molecule has 108 valence electrons. The van der Waals surface area contributed by atoms with Crippen molar-refractivity contribution in [2.45, 2.75) is 30.2 Å². The molecule has 2 aromatic heterocycles. The van der Waals surface area contributed by atoms with E-state index in [0.29, 0.717) is 0 Å². The van der Waals surface area contributed by atoms with Gasteiger partial charge in [0.2, 0.25) is 5.95 Å². The summed E-state index contributed by atoms with van der Waals surface area (Å²) in [6.45, 7) is 5.15. The summed E-state index contributed by atoms with van der Waals surface area (Å²) >= 11 is 3.41. The Morgan fingerprint density at radius 3 is 2.76 bits per heavy atom. The van der Waals surface area contributed by atoms with Crippen molar-refractivity contribution in [1.82, 2.24) is 9.97 Å². The van der Waals surface area contributed by atoms with Gasteiger partial charge in [-0.05, 0) is 31.5 Å². The van der Waals surface area contributed by atoms with Crippen LogP contribution in [0.5, 0.6) is 0 Å². The van der Waals surface area contributed by atoms with Crippen LogP contribution in [0.4, 0.5) is 5.95 Å². The first-order valence-electron chi connectivity index (χ1n) is 7.01. The lowest BCUT2D eigenvalue weighted by molar-refractivity contribution is 0.947. The van der Waals surface area contributed by atoms with Crippen LogP contribution in [0.2, 0.25) is 0 Å². The number of aryl methyl sites for hydroxylation is 1. The van der Waals surface area contributed by atoms with Crippen molar-refractivity contribution in [2.75, 3.05) is 11.9 Å². The van der Waals surface area contributed by atoms with Gasteiger partial charge in [-0.25, -0.2) is 9.97 Å². The molecule has 0 radical (unpaired) electrons. The third-order valence-electron chi connectivity index (χ3n) is 2.97. The van der Waals surface area contributed by atoms with Crippen LogP contribution in [0.15, 0.2) is 46.3 Å². The molecule has 0 atom stereocenters. The first-order chi connectivity index (χ1) is 10.3. The molecular formula is C16H17N3S2. The Morgan fingerprint density at radius 1 is 1.19 bits per heavy atom. The zero-order chi connectivity index (χ0) is 14.7. The molecule has 0 aliphatic heterocycles. The highest BCUT2D eigenvalue weighted by molar-refractivity contribution is 7.99. The fourth-order valence-electron chi connectivity index (χ4n) is 2.01. The average Bonchev–Trinajstić information content (AvgIpc) is 2.87. The van der Waals surface area contributed by atoms with Gasteiger partial charge >= 0.3 is 0 Å². The molecule has 0 aliphatic rings. The molecule has 0 aliphatic carbocycles. The summed E-state index contributed by atoms with van der Waals surface area (Å²) in [5.74, 6) is 0.727. The van der Waals surface area contributed by atoms with Crippen LogP contribution in [-0.4, -0.2) is 16.5 Å². The smallest absolute Gasteiger partial charge is 0.225 e. The summed E-state index contributed by atoms with van der Waals surface area (Å²) in [5.41, 5.74) is 0. The van der Waals surface area contributed by atoms with E-state index >= 15 is 0 Å². The van der Waals surface area contributed by atoms with Crippen LogP contribution in [0.25, 0.3) is 10.2 Å². The van der Waals surface area contributed by atoms with Crippen molar-refractivity contribution >= 4 is 39.3 Å². The average molecular weight is 315 g/mol. The first-order valence-corrected chi connectivity index (χ1v) is 8.64. The molecule has 1 N–H and O–H groups in total. The van der Waals surface area contributed by atoms with Gasteiger partial charge in [-0.1, -0.05) is 36.9 Å². The Bertz CT molecular complexity index is 738. The lowest BCUT2D eigenvalue weighted by Crippen LogP contribution is -2.04. The van der Waals surface area contributed by atoms with Gasteiger partial charge in [-0.15, -0.1) is 11.3 Å². The van der Waals surface area contributed by atoms with E-state index in [4.69, 9.17) is 4.98 Å². The van der Waals surface area contributed by atoms with Crippen molar-refractivity contribution in [3.05, 3.63) is 41.3 Å². The highest BCUT2D eigenvalue weighted by Crippen LogP contribution is 2.35. The van der Waals surface area contributed by atoms with E-state index < -0.39 is 0 Å². The number of anilines is 1. The fraction of sp³-hybridized carbons (Fsp3) is 0.250. The number of nitrogens with zero attached hydrogens (tertiary/aromatic N) is 2. The van der Waals surface area contributed by atoms with Gasteiger partial charge in [0, 0.05) is 21.7 Å². The van der Waals surface area contributed by atoms with Crippen molar-refractivity contribution in [3.8, 4) is 0 Å². The lowest BCUT2D eigenvalue weighted by Gasteiger charge is -2.07. The number of nitrogens with one attached hydrogen (secondary N) is 1. The van der Waals surface area contributed by atoms with Crippen molar-refractivity contribution in [3.63, 3.8) is 0 Å². The number of benzene rings is 1. The minimum Gasteiger partial charge on any atom is -0.354 e. The Balaban J connectivity index is 2.01. The summed E-state index contributed by atoms with van der Waals surface area (Å²) in [6, 6.07) is 12.5. The quantitative estimate of drug-likeness (QED) is 0.674. The van der Waals surface area contributed by atoms with E-state index in [9.17, 15) is 0 Å². The largest absolute Gasteiger partial charge is 0.354 e. The third-order valence-corrected chi connectivity index (χ3v) is 4.93. The predicted molar refractivity (Wildman–Crippen MR) is 91.5 cm³/mol. The van der Waals surface area contributed by atoms with Crippen molar-refractivity contribution in [2.24, 2.45) is 0 Å². The first kappa shape index (κ1) is 14.4. The topological polar surface area (TPSA) is 37.8 Å². The van der Waals surface area contributed by atoms with E-state index in [0.717, 1.165) is 34.2 Å². The van der Waals surface area contributed by atoms with Gasteiger partial charge in [0.25, 0.3) is 0 Å². The molecular weight excluding hydrogens is 298 g/mol. The number of hydrogen-bond donors (Lipinski definition) is 1. The molecule has 21 heavy (non-hydrogen) atoms. The minimum absolute atomic E-state index is 0.727. The number of hydrogen-bond acceptors (Lipinski definition) is 5. The van der Waals surface area contributed by atoms with Crippen LogP contribution in [0.3, 0.4) is 0 Å². The number of fused-ring (bicyclic) bond motifs is 1. The minimum atomic E-state index is 0.727. The van der Waals surface area contributed by atoms with E-state index in [2.05, 4.69) is 54.5 Å². The number of thiophene rings is 1. The van der Waals surface area contributed by atoms with E-state index in [1.54, 1.807) is 23.1 Å². The van der Waals surface area contributed by atoms with Gasteiger partial charge in [0.1, 0.15) is 9.86 Å². The summed E-state index contributed by atoms with van der Waals surface area (Å²) in [6.07, 6.45) is 1.06. The second-order valence-electron chi connectivity index (χ2n) is 4.77. The highest BCUT2D eigenvalue weighted by Gasteiger charge is 2.11. The molecule has 0 fully saturated rings. The third kappa shape index (κ3) is 3.36. The van der Waals surface area contributed by atoms with Gasteiger partial charge < -0.3 is 5.32 Å². The second-order valence-corrected chi connectivity index (χ2v) is 7.07. The van der Waals surface area contributed by atoms with Crippen LogP contribution in [0.1, 0.15) is 18.2 Å². The molecule has 5 heteroatoms. The maximum atomic E-state index is 4.69. The van der Waals surface area contributed by atoms with Gasteiger partial charge in [-0.3, -0.25) is 0 Å². The van der Waals surface area contributed by atoms with Crippen molar-refractivity contribution in [1.29, 1.82) is 0 Å². The Labute approximate surface area is 132 Å². The Morgan fingerprint density at radius 2 is 2.00 bits per heavy atom. The highest BCUT2D eigenvalue weighted by atomic mass is 32.2. The Hall–Kier alpha value is -1.59. The summed E-state index contributed by atoms with van der Waals surface area (Å²) in [5, 5.41) is 5.46. The normalized spacial score (nSPS) is 11.0. The van der Waals surface area contributed by atoms with Crippen LogP contribution < -0.4 is 5.32 Å². The van der Waals surface area contributed by atoms with Gasteiger partial charge in [0.05, 0.1) is 0 Å². The number of aromatic nitrogens is 2. The molecule has 0 bridgehead atoms. The van der Waals surface area contributed by atoms with Gasteiger partial charge in [-0.2, -0.15) is 0 Å². The van der Waals surface area contributed by atoms with Crippen molar-refractivity contribution < 1.29 is 0 Å². The maximum Gasteiger partial charge on any atom is 0.225 e. The lowest BCUT2D eigenvalue weighted by atomic mass is 10.4.